The molecule has 0 saturated carbocycles. The van der Waals surface area contributed by atoms with E-state index >= 15 is 0 Å². The van der Waals surface area contributed by atoms with Crippen molar-refractivity contribution in [1.82, 2.24) is 9.88 Å². The van der Waals surface area contributed by atoms with Crippen LogP contribution in [-0.2, 0) is 6.54 Å². The molecule has 1 aromatic heterocycles. The number of benzene rings is 2. The quantitative estimate of drug-likeness (QED) is 0.641. The predicted molar refractivity (Wildman–Crippen MR) is 118 cm³/mol. The Morgan fingerprint density at radius 1 is 0.966 bits per heavy atom. The monoisotopic (exact) mass is 406 g/mol. The van der Waals surface area contributed by atoms with E-state index < -0.39 is 0 Å². The van der Waals surface area contributed by atoms with E-state index in [1.54, 1.807) is 12.1 Å². The maximum Gasteiger partial charge on any atom is 0.255 e. The first kappa shape index (κ1) is 19.4. The van der Waals surface area contributed by atoms with E-state index in [0.717, 1.165) is 38.4 Å². The van der Waals surface area contributed by atoms with Gasteiger partial charge in [-0.1, -0.05) is 41.9 Å². The van der Waals surface area contributed by atoms with Crippen molar-refractivity contribution in [2.45, 2.75) is 6.54 Å². The van der Waals surface area contributed by atoms with Crippen molar-refractivity contribution < 1.29 is 4.79 Å². The molecule has 148 valence electrons. The third-order valence-corrected chi connectivity index (χ3v) is 5.31. The van der Waals surface area contributed by atoms with Gasteiger partial charge in [-0.3, -0.25) is 9.69 Å². The SMILES string of the molecule is O=C(Nc1ccc(N2CCN(Cc3ccccc3)CC2)cc1)c1ccnc(Cl)c1. The van der Waals surface area contributed by atoms with Crippen molar-refractivity contribution in [1.29, 1.82) is 0 Å². The minimum Gasteiger partial charge on any atom is -0.369 e. The molecule has 0 atom stereocenters. The summed E-state index contributed by atoms with van der Waals surface area (Å²) in [6, 6.07) is 21.8. The first-order chi connectivity index (χ1) is 14.2. The summed E-state index contributed by atoms with van der Waals surface area (Å²) in [4.78, 5) is 21.1. The Labute approximate surface area is 175 Å². The van der Waals surface area contributed by atoms with Gasteiger partial charge in [0, 0.05) is 55.9 Å². The Morgan fingerprint density at radius 2 is 1.69 bits per heavy atom. The number of aromatic nitrogens is 1. The second kappa shape index (κ2) is 9.07. The number of piperazine rings is 1. The molecule has 1 amide bonds. The van der Waals surface area contributed by atoms with Gasteiger partial charge >= 0.3 is 0 Å². The Kier molecular flexibility index (Phi) is 6.08. The molecular formula is C23H23ClN4O. The van der Waals surface area contributed by atoms with E-state index in [1.807, 2.05) is 12.1 Å². The van der Waals surface area contributed by atoms with Crippen LogP contribution in [0.25, 0.3) is 0 Å². The van der Waals surface area contributed by atoms with E-state index in [0.29, 0.717) is 10.7 Å². The van der Waals surface area contributed by atoms with Crippen LogP contribution in [0.15, 0.2) is 72.9 Å². The van der Waals surface area contributed by atoms with Gasteiger partial charge < -0.3 is 10.2 Å². The third-order valence-electron chi connectivity index (χ3n) is 5.10. The summed E-state index contributed by atoms with van der Waals surface area (Å²) in [6.07, 6.45) is 1.53. The predicted octanol–water partition coefficient (Wildman–Crippen LogP) is 4.31. The van der Waals surface area contributed by atoms with E-state index in [-0.39, 0.29) is 5.91 Å². The molecular weight excluding hydrogens is 384 g/mol. The lowest BCUT2D eigenvalue weighted by Gasteiger charge is -2.36. The first-order valence-corrected chi connectivity index (χ1v) is 10.1. The van der Waals surface area contributed by atoms with Crippen LogP contribution in [0.1, 0.15) is 15.9 Å². The summed E-state index contributed by atoms with van der Waals surface area (Å²) in [5.74, 6) is -0.198. The molecule has 6 heteroatoms. The van der Waals surface area contributed by atoms with Crippen molar-refractivity contribution in [3.05, 3.63) is 89.2 Å². The number of carbonyl (C=O) groups is 1. The number of pyridine rings is 1. The number of nitrogens with zero attached hydrogens (tertiary/aromatic N) is 3. The topological polar surface area (TPSA) is 48.5 Å². The van der Waals surface area contributed by atoms with Crippen LogP contribution in [0.2, 0.25) is 5.15 Å². The number of amides is 1. The number of nitrogens with one attached hydrogen (secondary N) is 1. The molecule has 1 aliphatic heterocycles. The van der Waals surface area contributed by atoms with Crippen LogP contribution in [-0.4, -0.2) is 42.0 Å². The highest BCUT2D eigenvalue weighted by Crippen LogP contribution is 2.21. The van der Waals surface area contributed by atoms with Gasteiger partial charge in [0.05, 0.1) is 0 Å². The summed E-state index contributed by atoms with van der Waals surface area (Å²) < 4.78 is 0. The molecule has 1 saturated heterocycles. The van der Waals surface area contributed by atoms with Crippen molar-refractivity contribution >= 4 is 28.9 Å². The summed E-state index contributed by atoms with van der Waals surface area (Å²) in [6.45, 7) is 5.06. The number of hydrogen-bond acceptors (Lipinski definition) is 4. The highest BCUT2D eigenvalue weighted by atomic mass is 35.5. The van der Waals surface area contributed by atoms with Crippen molar-refractivity contribution in [2.24, 2.45) is 0 Å². The van der Waals surface area contributed by atoms with E-state index in [2.05, 4.69) is 62.6 Å². The molecule has 5 nitrogen and oxygen atoms in total. The van der Waals surface area contributed by atoms with Crippen LogP contribution in [0.3, 0.4) is 0 Å². The number of halogens is 1. The van der Waals surface area contributed by atoms with Crippen LogP contribution >= 0.6 is 11.6 Å². The molecule has 0 unspecified atom stereocenters. The minimum absolute atomic E-state index is 0.198. The fourth-order valence-electron chi connectivity index (χ4n) is 3.51. The minimum atomic E-state index is -0.198. The molecule has 1 aliphatic rings. The second-order valence-corrected chi connectivity index (χ2v) is 7.50. The largest absolute Gasteiger partial charge is 0.369 e. The smallest absolute Gasteiger partial charge is 0.255 e. The van der Waals surface area contributed by atoms with Crippen molar-refractivity contribution in [2.75, 3.05) is 36.4 Å². The zero-order chi connectivity index (χ0) is 20.1. The first-order valence-electron chi connectivity index (χ1n) is 9.71. The van der Waals surface area contributed by atoms with E-state index in [1.165, 1.54) is 17.4 Å². The number of hydrogen-bond donors (Lipinski definition) is 1. The van der Waals surface area contributed by atoms with Gasteiger partial charge in [0.25, 0.3) is 5.91 Å². The molecule has 2 heterocycles. The van der Waals surface area contributed by atoms with Gasteiger partial charge in [0.1, 0.15) is 5.15 Å². The molecule has 0 aliphatic carbocycles. The third kappa shape index (κ3) is 5.13. The van der Waals surface area contributed by atoms with Crippen molar-refractivity contribution in [3.8, 4) is 0 Å². The lowest BCUT2D eigenvalue weighted by molar-refractivity contribution is 0.102. The highest BCUT2D eigenvalue weighted by molar-refractivity contribution is 6.29. The summed E-state index contributed by atoms with van der Waals surface area (Å²) in [5.41, 5.74) is 3.78. The van der Waals surface area contributed by atoms with Crippen LogP contribution in [0, 0.1) is 0 Å². The number of anilines is 2. The molecule has 0 radical (unpaired) electrons. The van der Waals surface area contributed by atoms with Gasteiger partial charge in [-0.15, -0.1) is 0 Å². The molecule has 29 heavy (non-hydrogen) atoms. The second-order valence-electron chi connectivity index (χ2n) is 7.12. The standard InChI is InChI=1S/C23H23ClN4O/c24-22-16-19(10-11-25-22)23(29)26-20-6-8-21(9-7-20)28-14-12-27(13-15-28)17-18-4-2-1-3-5-18/h1-11,16H,12-15,17H2,(H,26,29). The molecule has 0 bridgehead atoms. The van der Waals surface area contributed by atoms with Gasteiger partial charge in [-0.05, 0) is 42.0 Å². The molecule has 2 aromatic carbocycles. The summed E-state index contributed by atoms with van der Waals surface area (Å²) in [7, 11) is 0. The molecule has 1 N–H and O–H groups in total. The fourth-order valence-corrected chi connectivity index (χ4v) is 3.68. The molecule has 1 fully saturated rings. The van der Waals surface area contributed by atoms with Crippen LogP contribution in [0.5, 0.6) is 0 Å². The van der Waals surface area contributed by atoms with Crippen LogP contribution < -0.4 is 10.2 Å². The molecule has 0 spiro atoms. The number of rotatable bonds is 5. The summed E-state index contributed by atoms with van der Waals surface area (Å²) >= 11 is 5.85. The van der Waals surface area contributed by atoms with Crippen molar-refractivity contribution in [3.63, 3.8) is 0 Å². The lowest BCUT2D eigenvalue weighted by atomic mass is 10.2. The zero-order valence-electron chi connectivity index (χ0n) is 16.1. The normalized spacial score (nSPS) is 14.6. The highest BCUT2D eigenvalue weighted by Gasteiger charge is 2.17. The lowest BCUT2D eigenvalue weighted by Crippen LogP contribution is -2.45. The maximum atomic E-state index is 12.3. The Morgan fingerprint density at radius 3 is 2.38 bits per heavy atom. The van der Waals surface area contributed by atoms with Gasteiger partial charge in [0.2, 0.25) is 0 Å². The van der Waals surface area contributed by atoms with Gasteiger partial charge in [0.15, 0.2) is 0 Å². The van der Waals surface area contributed by atoms with Gasteiger partial charge in [-0.25, -0.2) is 4.98 Å². The number of carbonyl (C=O) groups excluding carboxylic acids is 1. The Hall–Kier alpha value is -2.89. The van der Waals surface area contributed by atoms with Gasteiger partial charge in [-0.2, -0.15) is 0 Å². The zero-order valence-corrected chi connectivity index (χ0v) is 16.8. The summed E-state index contributed by atoms with van der Waals surface area (Å²) in [5, 5.41) is 3.20. The van der Waals surface area contributed by atoms with E-state index in [4.69, 9.17) is 11.6 Å². The Balaban J connectivity index is 1.31. The molecule has 3 aromatic rings. The van der Waals surface area contributed by atoms with Crippen LogP contribution in [0.4, 0.5) is 11.4 Å². The average Bonchev–Trinajstić information content (AvgIpc) is 2.76. The Bertz CT molecular complexity index is 954. The van der Waals surface area contributed by atoms with E-state index in [9.17, 15) is 4.79 Å². The average molecular weight is 407 g/mol. The fraction of sp³-hybridized carbons (Fsp3) is 0.217. The molecule has 4 rings (SSSR count). The maximum absolute atomic E-state index is 12.3.